The highest BCUT2D eigenvalue weighted by Crippen LogP contribution is 2.12. The van der Waals surface area contributed by atoms with Crippen LogP contribution in [0.4, 0.5) is 5.69 Å². The zero-order valence-electron chi connectivity index (χ0n) is 15.2. The summed E-state index contributed by atoms with van der Waals surface area (Å²) in [5.41, 5.74) is 1.09. The predicted molar refractivity (Wildman–Crippen MR) is 105 cm³/mol. The first-order valence-electron chi connectivity index (χ1n) is 8.82. The van der Waals surface area contributed by atoms with Gasteiger partial charge in [-0.15, -0.1) is 0 Å². The molecule has 3 heterocycles. The fourth-order valence-corrected chi connectivity index (χ4v) is 2.93. The number of carbonyl (C=O) groups excluding carboxylic acids is 1. The second-order valence-electron chi connectivity index (χ2n) is 6.31. The number of benzene rings is 1. The molecule has 0 saturated heterocycles. The highest BCUT2D eigenvalue weighted by Gasteiger charge is 2.08. The van der Waals surface area contributed by atoms with E-state index in [1.165, 1.54) is 10.9 Å². The molecule has 0 radical (unpaired) electrons. The SMILES string of the molecule is Cc1nccn1-c1ccc(NC(=O)CCn2cnc3ccccc3c2=O)cn1. The topological polar surface area (TPSA) is 94.7 Å². The molecule has 0 fully saturated rings. The van der Waals surface area contributed by atoms with Crippen molar-refractivity contribution < 1.29 is 4.79 Å². The number of nitrogens with one attached hydrogen (secondary N) is 1. The fourth-order valence-electron chi connectivity index (χ4n) is 2.93. The van der Waals surface area contributed by atoms with Crippen LogP contribution < -0.4 is 10.9 Å². The van der Waals surface area contributed by atoms with Crippen molar-refractivity contribution in [2.75, 3.05) is 5.32 Å². The van der Waals surface area contributed by atoms with E-state index < -0.39 is 0 Å². The third kappa shape index (κ3) is 3.52. The van der Waals surface area contributed by atoms with Gasteiger partial charge in [0.1, 0.15) is 11.6 Å². The van der Waals surface area contributed by atoms with Crippen LogP contribution in [0, 0.1) is 6.92 Å². The molecule has 0 spiro atoms. The number of carbonyl (C=O) groups is 1. The minimum atomic E-state index is -0.201. The first-order chi connectivity index (χ1) is 13.6. The van der Waals surface area contributed by atoms with Gasteiger partial charge in [-0.2, -0.15) is 0 Å². The third-order valence-corrected chi connectivity index (χ3v) is 4.42. The normalized spacial score (nSPS) is 10.9. The van der Waals surface area contributed by atoms with Crippen LogP contribution in [0.15, 0.2) is 66.1 Å². The van der Waals surface area contributed by atoms with Crippen LogP contribution in [0.25, 0.3) is 16.7 Å². The largest absolute Gasteiger partial charge is 0.325 e. The van der Waals surface area contributed by atoms with Crippen molar-refractivity contribution in [3.05, 3.63) is 77.5 Å². The molecule has 0 unspecified atom stereocenters. The summed E-state index contributed by atoms with van der Waals surface area (Å²) < 4.78 is 3.30. The number of amides is 1. The molecule has 140 valence electrons. The number of aromatic nitrogens is 5. The summed E-state index contributed by atoms with van der Waals surface area (Å²) in [6.45, 7) is 2.14. The molecule has 28 heavy (non-hydrogen) atoms. The molecule has 0 aliphatic rings. The number of hydrogen-bond acceptors (Lipinski definition) is 5. The van der Waals surface area contributed by atoms with Gasteiger partial charge in [0.05, 0.1) is 29.1 Å². The van der Waals surface area contributed by atoms with Gasteiger partial charge in [0.25, 0.3) is 5.56 Å². The standard InChI is InChI=1S/C20H18N6O2/c1-14-21-9-11-26(14)18-7-6-15(12-22-18)24-19(27)8-10-25-13-23-17-5-3-2-4-16(17)20(25)28/h2-7,9,11-13H,8,10H2,1H3,(H,24,27). The second-order valence-corrected chi connectivity index (χ2v) is 6.31. The van der Waals surface area contributed by atoms with Crippen LogP contribution in [0.3, 0.4) is 0 Å². The minimum absolute atomic E-state index is 0.153. The number of rotatable bonds is 5. The monoisotopic (exact) mass is 374 g/mol. The van der Waals surface area contributed by atoms with Crippen molar-refractivity contribution in [2.24, 2.45) is 0 Å². The number of aryl methyl sites for hydroxylation is 2. The predicted octanol–water partition coefficient (Wildman–Crippen LogP) is 2.31. The fraction of sp³-hybridized carbons (Fsp3) is 0.150. The molecule has 0 atom stereocenters. The number of pyridine rings is 1. The quantitative estimate of drug-likeness (QED) is 0.578. The molecule has 0 bridgehead atoms. The van der Waals surface area contributed by atoms with E-state index in [0.29, 0.717) is 16.6 Å². The van der Waals surface area contributed by atoms with Crippen molar-refractivity contribution in [3.8, 4) is 5.82 Å². The summed E-state index contributed by atoms with van der Waals surface area (Å²) in [4.78, 5) is 37.5. The van der Waals surface area contributed by atoms with Crippen LogP contribution in [0.5, 0.6) is 0 Å². The van der Waals surface area contributed by atoms with Crippen LogP contribution in [0.1, 0.15) is 12.2 Å². The maximum Gasteiger partial charge on any atom is 0.261 e. The number of fused-ring (bicyclic) bond motifs is 1. The molecule has 1 aromatic carbocycles. The highest BCUT2D eigenvalue weighted by molar-refractivity contribution is 5.90. The highest BCUT2D eigenvalue weighted by atomic mass is 16.2. The molecule has 0 aliphatic heterocycles. The van der Waals surface area contributed by atoms with Gasteiger partial charge in [0.2, 0.25) is 5.91 Å². The molecule has 8 heteroatoms. The number of nitrogens with zero attached hydrogens (tertiary/aromatic N) is 5. The Kier molecular flexibility index (Phi) is 4.67. The number of imidazole rings is 1. The number of hydrogen-bond donors (Lipinski definition) is 1. The van der Waals surface area contributed by atoms with Gasteiger partial charge in [-0.3, -0.25) is 18.7 Å². The number of para-hydroxylation sites is 1. The van der Waals surface area contributed by atoms with E-state index in [9.17, 15) is 9.59 Å². The van der Waals surface area contributed by atoms with Gasteiger partial charge >= 0.3 is 0 Å². The first kappa shape index (κ1) is 17.6. The van der Waals surface area contributed by atoms with Gasteiger partial charge in [-0.1, -0.05) is 12.1 Å². The molecular formula is C20H18N6O2. The zero-order chi connectivity index (χ0) is 19.5. The van der Waals surface area contributed by atoms with Gasteiger partial charge in [-0.05, 0) is 31.2 Å². The molecule has 1 N–H and O–H groups in total. The molecule has 0 aliphatic carbocycles. The van der Waals surface area contributed by atoms with E-state index in [4.69, 9.17) is 0 Å². The summed E-state index contributed by atoms with van der Waals surface area (Å²) in [5, 5.41) is 3.34. The second kappa shape index (κ2) is 7.43. The Balaban J connectivity index is 1.40. The van der Waals surface area contributed by atoms with Crippen molar-refractivity contribution in [1.82, 2.24) is 24.1 Å². The Morgan fingerprint density at radius 1 is 1.11 bits per heavy atom. The van der Waals surface area contributed by atoms with Gasteiger partial charge in [-0.25, -0.2) is 15.0 Å². The Hall–Kier alpha value is -3.81. The Bertz CT molecular complexity index is 1190. The maximum absolute atomic E-state index is 12.5. The minimum Gasteiger partial charge on any atom is -0.325 e. The molecule has 3 aromatic heterocycles. The van der Waals surface area contributed by atoms with Crippen molar-refractivity contribution in [2.45, 2.75) is 19.9 Å². The Labute approximate surface area is 160 Å². The lowest BCUT2D eigenvalue weighted by atomic mass is 10.2. The van der Waals surface area contributed by atoms with Gasteiger partial charge in [0, 0.05) is 25.4 Å². The average molecular weight is 374 g/mol. The molecule has 8 nitrogen and oxygen atoms in total. The molecule has 1 amide bonds. The molecular weight excluding hydrogens is 356 g/mol. The van der Waals surface area contributed by atoms with Crippen LogP contribution in [-0.2, 0) is 11.3 Å². The lowest BCUT2D eigenvalue weighted by molar-refractivity contribution is -0.116. The molecule has 0 saturated carbocycles. The summed E-state index contributed by atoms with van der Waals surface area (Å²) in [7, 11) is 0. The van der Waals surface area contributed by atoms with Crippen molar-refractivity contribution in [1.29, 1.82) is 0 Å². The summed E-state index contributed by atoms with van der Waals surface area (Å²) in [5.74, 6) is 1.36. The first-order valence-corrected chi connectivity index (χ1v) is 8.82. The number of anilines is 1. The average Bonchev–Trinajstić information content (AvgIpc) is 3.14. The van der Waals surface area contributed by atoms with E-state index in [-0.39, 0.29) is 24.4 Å². The van der Waals surface area contributed by atoms with E-state index >= 15 is 0 Å². The van der Waals surface area contributed by atoms with Gasteiger partial charge in [0.15, 0.2) is 0 Å². The lowest BCUT2D eigenvalue weighted by Crippen LogP contribution is -2.23. The van der Waals surface area contributed by atoms with E-state index in [0.717, 1.165) is 11.6 Å². The van der Waals surface area contributed by atoms with Crippen LogP contribution in [-0.4, -0.2) is 30.0 Å². The zero-order valence-corrected chi connectivity index (χ0v) is 15.2. The van der Waals surface area contributed by atoms with Crippen LogP contribution >= 0.6 is 0 Å². The lowest BCUT2D eigenvalue weighted by Gasteiger charge is -2.09. The van der Waals surface area contributed by atoms with Crippen molar-refractivity contribution in [3.63, 3.8) is 0 Å². The van der Waals surface area contributed by atoms with Gasteiger partial charge < -0.3 is 5.32 Å². The third-order valence-electron chi connectivity index (χ3n) is 4.42. The molecule has 4 aromatic rings. The van der Waals surface area contributed by atoms with Crippen LogP contribution in [0.2, 0.25) is 0 Å². The smallest absolute Gasteiger partial charge is 0.261 e. The summed E-state index contributed by atoms with van der Waals surface area (Å²) in [6.07, 6.45) is 6.75. The summed E-state index contributed by atoms with van der Waals surface area (Å²) >= 11 is 0. The van der Waals surface area contributed by atoms with E-state index in [1.54, 1.807) is 36.7 Å². The molecule has 4 rings (SSSR count). The van der Waals surface area contributed by atoms with Crippen molar-refractivity contribution >= 4 is 22.5 Å². The van der Waals surface area contributed by atoms with E-state index in [2.05, 4.69) is 20.3 Å². The summed E-state index contributed by atoms with van der Waals surface area (Å²) in [6, 6.07) is 10.7. The maximum atomic E-state index is 12.5. The Morgan fingerprint density at radius 3 is 2.71 bits per heavy atom. The Morgan fingerprint density at radius 2 is 1.96 bits per heavy atom. The van der Waals surface area contributed by atoms with E-state index in [1.807, 2.05) is 29.8 Å².